The Kier molecular flexibility index (Phi) is 5.92. The molecular formula is C22H26FN5O2. The third kappa shape index (κ3) is 4.13. The molecule has 0 saturated carbocycles. The van der Waals surface area contributed by atoms with E-state index in [9.17, 15) is 14.0 Å². The molecule has 30 heavy (non-hydrogen) atoms. The van der Waals surface area contributed by atoms with Crippen molar-refractivity contribution in [2.45, 2.75) is 45.1 Å². The van der Waals surface area contributed by atoms with E-state index < -0.39 is 0 Å². The number of carbonyl (C=O) groups is 2. The highest BCUT2D eigenvalue weighted by molar-refractivity contribution is 5.93. The molecule has 1 aromatic carbocycles. The van der Waals surface area contributed by atoms with E-state index in [1.807, 2.05) is 4.57 Å². The topological polar surface area (TPSA) is 80.1 Å². The summed E-state index contributed by atoms with van der Waals surface area (Å²) >= 11 is 0. The van der Waals surface area contributed by atoms with E-state index in [4.69, 9.17) is 0 Å². The minimum Gasteiger partial charge on any atom is -0.339 e. The van der Waals surface area contributed by atoms with Gasteiger partial charge in [-0.1, -0.05) is 13.0 Å². The number of fused-ring (bicyclic) bond motifs is 1. The normalized spacial score (nSPS) is 17.2. The number of benzene rings is 1. The third-order valence-electron chi connectivity index (χ3n) is 5.94. The molecule has 1 saturated heterocycles. The minimum absolute atomic E-state index is 0.107. The summed E-state index contributed by atoms with van der Waals surface area (Å²) < 4.78 is 16.6. The van der Waals surface area contributed by atoms with Gasteiger partial charge in [0.1, 0.15) is 11.6 Å². The number of piperidine rings is 1. The van der Waals surface area contributed by atoms with E-state index >= 15 is 0 Å². The molecule has 0 radical (unpaired) electrons. The second-order valence-electron chi connectivity index (χ2n) is 7.89. The Hall–Kier alpha value is -3.03. The van der Waals surface area contributed by atoms with E-state index in [0.29, 0.717) is 43.0 Å². The van der Waals surface area contributed by atoms with Crippen molar-refractivity contribution in [3.05, 3.63) is 42.5 Å². The van der Waals surface area contributed by atoms with E-state index in [1.54, 1.807) is 17.0 Å². The Labute approximate surface area is 175 Å². The summed E-state index contributed by atoms with van der Waals surface area (Å²) in [4.78, 5) is 26.1. The molecule has 0 spiro atoms. The molecule has 2 aromatic rings. The molecule has 4 rings (SSSR count). The SMILES string of the molecule is C=CC(=O)N1CCC(C(=O)Nc2ccc(F)c(-c3nnc4n3CCCCC4)c2)CC1. The van der Waals surface area contributed by atoms with Crippen LogP contribution in [0.1, 0.15) is 37.9 Å². The average Bonchev–Trinajstić information content (AvgIpc) is 3.02. The standard InChI is InChI=1S/C22H26FN5O2/c1-2-20(29)27-12-9-15(10-13-27)22(30)24-16-7-8-18(23)17(14-16)21-26-25-19-6-4-3-5-11-28(19)21/h2,7-8,14-15H,1,3-6,9-13H2,(H,24,30). The molecule has 1 aromatic heterocycles. The lowest BCUT2D eigenvalue weighted by Crippen LogP contribution is -2.40. The number of hydrogen-bond donors (Lipinski definition) is 1. The van der Waals surface area contributed by atoms with Crippen LogP contribution in [0.4, 0.5) is 10.1 Å². The van der Waals surface area contributed by atoms with Gasteiger partial charge in [0.2, 0.25) is 11.8 Å². The minimum atomic E-state index is -0.385. The van der Waals surface area contributed by atoms with Crippen molar-refractivity contribution in [2.24, 2.45) is 5.92 Å². The van der Waals surface area contributed by atoms with Crippen LogP contribution < -0.4 is 5.32 Å². The first kappa shape index (κ1) is 20.3. The van der Waals surface area contributed by atoms with Crippen LogP contribution in [0, 0.1) is 11.7 Å². The van der Waals surface area contributed by atoms with E-state index in [1.165, 1.54) is 12.1 Å². The number of nitrogens with one attached hydrogen (secondary N) is 1. The van der Waals surface area contributed by atoms with Gasteiger partial charge in [-0.05, 0) is 50.0 Å². The molecule has 8 heteroatoms. The van der Waals surface area contributed by atoms with Crippen molar-refractivity contribution in [3.8, 4) is 11.4 Å². The maximum atomic E-state index is 14.6. The monoisotopic (exact) mass is 411 g/mol. The van der Waals surface area contributed by atoms with Crippen LogP contribution in [0.25, 0.3) is 11.4 Å². The van der Waals surface area contributed by atoms with Crippen molar-refractivity contribution in [3.63, 3.8) is 0 Å². The molecule has 1 N–H and O–H groups in total. The summed E-state index contributed by atoms with van der Waals surface area (Å²) in [6.45, 7) is 5.34. The Bertz CT molecular complexity index is 962. The van der Waals surface area contributed by atoms with Crippen LogP contribution in [0.15, 0.2) is 30.9 Å². The zero-order valence-corrected chi connectivity index (χ0v) is 16.9. The maximum absolute atomic E-state index is 14.6. The molecular weight excluding hydrogens is 385 g/mol. The summed E-state index contributed by atoms with van der Waals surface area (Å²) in [5.41, 5.74) is 0.881. The van der Waals surface area contributed by atoms with Crippen LogP contribution >= 0.6 is 0 Å². The highest BCUT2D eigenvalue weighted by Crippen LogP contribution is 2.28. The lowest BCUT2D eigenvalue weighted by atomic mass is 9.95. The average molecular weight is 411 g/mol. The van der Waals surface area contributed by atoms with E-state index in [0.717, 1.165) is 38.1 Å². The van der Waals surface area contributed by atoms with Gasteiger partial charge in [-0.3, -0.25) is 9.59 Å². The lowest BCUT2D eigenvalue weighted by Gasteiger charge is -2.30. The van der Waals surface area contributed by atoms with E-state index in [2.05, 4.69) is 22.1 Å². The number of aryl methyl sites for hydroxylation is 1. The van der Waals surface area contributed by atoms with Gasteiger partial charge in [0, 0.05) is 37.7 Å². The molecule has 0 atom stereocenters. The molecule has 3 heterocycles. The predicted octanol–water partition coefficient (Wildman–Crippen LogP) is 3.17. The van der Waals surface area contributed by atoms with Crippen molar-refractivity contribution in [2.75, 3.05) is 18.4 Å². The predicted molar refractivity (Wildman–Crippen MR) is 111 cm³/mol. The summed E-state index contributed by atoms with van der Waals surface area (Å²) in [6.07, 6.45) is 6.54. The molecule has 0 unspecified atom stereocenters. The van der Waals surface area contributed by atoms with Gasteiger partial charge in [-0.2, -0.15) is 0 Å². The fraction of sp³-hybridized carbons (Fsp3) is 0.455. The number of anilines is 1. The third-order valence-corrected chi connectivity index (χ3v) is 5.94. The Morgan fingerprint density at radius 1 is 1.13 bits per heavy atom. The summed E-state index contributed by atoms with van der Waals surface area (Å²) in [7, 11) is 0. The smallest absolute Gasteiger partial charge is 0.245 e. The number of nitrogens with zero attached hydrogens (tertiary/aromatic N) is 4. The first-order chi connectivity index (χ1) is 14.6. The number of aromatic nitrogens is 3. The van der Waals surface area contributed by atoms with Gasteiger partial charge in [-0.25, -0.2) is 4.39 Å². The first-order valence-electron chi connectivity index (χ1n) is 10.5. The van der Waals surface area contributed by atoms with Crippen molar-refractivity contribution in [1.82, 2.24) is 19.7 Å². The zero-order valence-electron chi connectivity index (χ0n) is 16.9. The molecule has 2 aliphatic heterocycles. The fourth-order valence-corrected chi connectivity index (χ4v) is 4.19. The molecule has 2 amide bonds. The van der Waals surface area contributed by atoms with E-state index in [-0.39, 0.29) is 23.5 Å². The van der Waals surface area contributed by atoms with Crippen molar-refractivity contribution in [1.29, 1.82) is 0 Å². The second kappa shape index (κ2) is 8.77. The molecule has 2 aliphatic rings. The summed E-state index contributed by atoms with van der Waals surface area (Å²) in [5, 5.41) is 11.4. The number of rotatable bonds is 4. The largest absolute Gasteiger partial charge is 0.339 e. The molecule has 1 fully saturated rings. The van der Waals surface area contributed by atoms with Gasteiger partial charge < -0.3 is 14.8 Å². The van der Waals surface area contributed by atoms with Crippen LogP contribution in [0.2, 0.25) is 0 Å². The maximum Gasteiger partial charge on any atom is 0.245 e. The Morgan fingerprint density at radius 3 is 2.70 bits per heavy atom. The van der Waals surface area contributed by atoms with Crippen LogP contribution in [-0.4, -0.2) is 44.6 Å². The van der Waals surface area contributed by atoms with Gasteiger partial charge in [-0.15, -0.1) is 10.2 Å². The number of carbonyl (C=O) groups excluding carboxylic acids is 2. The van der Waals surface area contributed by atoms with Crippen molar-refractivity contribution < 1.29 is 14.0 Å². The highest BCUT2D eigenvalue weighted by atomic mass is 19.1. The number of halogens is 1. The lowest BCUT2D eigenvalue weighted by molar-refractivity contribution is -0.130. The number of hydrogen-bond acceptors (Lipinski definition) is 4. The number of likely N-dealkylation sites (tertiary alicyclic amines) is 1. The first-order valence-corrected chi connectivity index (χ1v) is 10.5. The van der Waals surface area contributed by atoms with Gasteiger partial charge in [0.05, 0.1) is 5.56 Å². The van der Waals surface area contributed by atoms with Gasteiger partial charge >= 0.3 is 0 Å². The summed E-state index contributed by atoms with van der Waals surface area (Å²) in [5.74, 6) is 0.608. The molecule has 0 bridgehead atoms. The Balaban J connectivity index is 1.48. The quantitative estimate of drug-likeness (QED) is 0.784. The Morgan fingerprint density at radius 2 is 1.93 bits per heavy atom. The highest BCUT2D eigenvalue weighted by Gasteiger charge is 2.27. The zero-order chi connectivity index (χ0) is 21.1. The van der Waals surface area contributed by atoms with Gasteiger partial charge in [0.15, 0.2) is 5.82 Å². The fourth-order valence-electron chi connectivity index (χ4n) is 4.19. The molecule has 7 nitrogen and oxygen atoms in total. The summed E-state index contributed by atoms with van der Waals surface area (Å²) in [6, 6.07) is 4.55. The van der Waals surface area contributed by atoms with Crippen LogP contribution in [-0.2, 0) is 22.6 Å². The molecule has 158 valence electrons. The van der Waals surface area contributed by atoms with Gasteiger partial charge in [0.25, 0.3) is 0 Å². The number of amides is 2. The molecule has 0 aliphatic carbocycles. The second-order valence-corrected chi connectivity index (χ2v) is 7.89. The van der Waals surface area contributed by atoms with Crippen LogP contribution in [0.3, 0.4) is 0 Å². The van der Waals surface area contributed by atoms with Crippen molar-refractivity contribution >= 4 is 17.5 Å². The van der Waals surface area contributed by atoms with Crippen LogP contribution in [0.5, 0.6) is 0 Å².